The van der Waals surface area contributed by atoms with E-state index in [1.807, 2.05) is 6.92 Å². The maximum absolute atomic E-state index is 12.2. The molecule has 8 heteroatoms. The summed E-state index contributed by atoms with van der Waals surface area (Å²) in [4.78, 5) is 11.7. The Kier molecular flexibility index (Phi) is 5.97. The Morgan fingerprint density at radius 3 is 2.58 bits per heavy atom. The highest BCUT2D eigenvalue weighted by Crippen LogP contribution is 2.26. The molecule has 0 fully saturated rings. The monoisotopic (exact) mass is 369 g/mol. The molecule has 0 radical (unpaired) electrons. The van der Waals surface area contributed by atoms with Gasteiger partial charge in [-0.2, -0.15) is 4.72 Å². The largest absolute Gasteiger partial charge is 0.468 e. The minimum absolute atomic E-state index is 0.148. The molecule has 1 aromatic heterocycles. The molecule has 1 N–H and O–H groups in total. The molecule has 0 spiro atoms. The number of nitrogens with one attached hydrogen (secondary N) is 1. The average molecular weight is 370 g/mol. The maximum Gasteiger partial charge on any atom is 0.324 e. The molecule has 1 heterocycles. The van der Waals surface area contributed by atoms with Gasteiger partial charge in [0.2, 0.25) is 0 Å². The van der Waals surface area contributed by atoms with Gasteiger partial charge < -0.3 is 4.74 Å². The summed E-state index contributed by atoms with van der Waals surface area (Å²) in [7, 11) is -2.47. The summed E-state index contributed by atoms with van der Waals surface area (Å²) in [5.41, 5.74) is 0. The van der Waals surface area contributed by atoms with E-state index in [0.717, 1.165) is 11.3 Å². The lowest BCUT2D eigenvalue weighted by atomic mass is 10.0. The maximum atomic E-state index is 12.2. The molecule has 2 unspecified atom stereocenters. The fourth-order valence-corrected chi connectivity index (χ4v) is 4.75. The number of hydrogen-bond acceptors (Lipinski definition) is 5. The van der Waals surface area contributed by atoms with Gasteiger partial charge in [0.1, 0.15) is 10.3 Å². The molecule has 0 saturated carbocycles. The van der Waals surface area contributed by atoms with Crippen molar-refractivity contribution in [2.45, 2.75) is 30.5 Å². The summed E-state index contributed by atoms with van der Waals surface area (Å²) in [6.45, 7) is 3.69. The van der Waals surface area contributed by atoms with Crippen LogP contribution in [0.4, 0.5) is 0 Å². The van der Waals surface area contributed by atoms with Crippen molar-refractivity contribution in [1.29, 1.82) is 0 Å². The van der Waals surface area contributed by atoms with Crippen LogP contribution in [-0.2, 0) is 19.6 Å². The number of carbonyl (C=O) groups excluding carboxylic acids is 1. The molecule has 1 rings (SSSR count). The molecule has 0 aliphatic heterocycles. The first-order valence-corrected chi connectivity index (χ1v) is 8.76. The number of esters is 1. The summed E-state index contributed by atoms with van der Waals surface area (Å²) in [5.74, 6) is -0.723. The fourth-order valence-electron chi connectivity index (χ4n) is 1.43. The first-order valence-electron chi connectivity index (χ1n) is 5.67. The van der Waals surface area contributed by atoms with Crippen LogP contribution in [0, 0.1) is 5.92 Å². The van der Waals surface area contributed by atoms with Crippen molar-refractivity contribution >= 4 is 43.3 Å². The highest BCUT2D eigenvalue weighted by atomic mass is 79.9. The lowest BCUT2D eigenvalue weighted by Crippen LogP contribution is -2.45. The van der Waals surface area contributed by atoms with Crippen molar-refractivity contribution < 1.29 is 17.9 Å². The Balaban J connectivity index is 2.98. The van der Waals surface area contributed by atoms with Gasteiger partial charge >= 0.3 is 5.97 Å². The zero-order valence-electron chi connectivity index (χ0n) is 10.8. The molecule has 5 nitrogen and oxygen atoms in total. The lowest BCUT2D eigenvalue weighted by Gasteiger charge is -2.21. The molecule has 0 aliphatic carbocycles. The third-order valence-electron chi connectivity index (χ3n) is 2.76. The van der Waals surface area contributed by atoms with Crippen LogP contribution in [0.3, 0.4) is 0 Å². The highest BCUT2D eigenvalue weighted by Gasteiger charge is 2.30. The van der Waals surface area contributed by atoms with Gasteiger partial charge in [-0.1, -0.05) is 20.3 Å². The van der Waals surface area contributed by atoms with Crippen molar-refractivity contribution in [3.05, 3.63) is 15.9 Å². The number of hydrogen-bond donors (Lipinski definition) is 1. The quantitative estimate of drug-likeness (QED) is 0.781. The Labute approximate surface area is 125 Å². The van der Waals surface area contributed by atoms with Crippen LogP contribution in [0.5, 0.6) is 0 Å². The summed E-state index contributed by atoms with van der Waals surface area (Å²) < 4.78 is 32.3. The van der Waals surface area contributed by atoms with E-state index < -0.39 is 22.0 Å². The van der Waals surface area contributed by atoms with Crippen LogP contribution < -0.4 is 4.72 Å². The van der Waals surface area contributed by atoms with Crippen molar-refractivity contribution in [2.24, 2.45) is 5.92 Å². The summed E-state index contributed by atoms with van der Waals surface area (Å²) in [5, 5.41) is 0. The molecule has 0 bridgehead atoms. The Bertz CT molecular complexity index is 541. The van der Waals surface area contributed by atoms with E-state index in [4.69, 9.17) is 0 Å². The van der Waals surface area contributed by atoms with Gasteiger partial charge in [0, 0.05) is 0 Å². The van der Waals surface area contributed by atoms with Gasteiger partial charge in [-0.05, 0) is 34.0 Å². The number of thiophene rings is 1. The SMILES string of the molecule is CCC(C)C(NS(=O)(=O)c1ccc(Br)s1)C(=O)OC. The van der Waals surface area contributed by atoms with Gasteiger partial charge in [0.05, 0.1) is 10.9 Å². The molecule has 0 aliphatic rings. The zero-order chi connectivity index (χ0) is 14.6. The molecule has 0 aromatic carbocycles. The van der Waals surface area contributed by atoms with Crippen molar-refractivity contribution in [1.82, 2.24) is 4.72 Å². The number of ether oxygens (including phenoxy) is 1. The number of carbonyl (C=O) groups is 1. The molecule has 0 saturated heterocycles. The van der Waals surface area contributed by atoms with Gasteiger partial charge in [0.15, 0.2) is 0 Å². The Hall–Kier alpha value is -0.440. The molecular weight excluding hydrogens is 354 g/mol. The van der Waals surface area contributed by atoms with Crippen LogP contribution >= 0.6 is 27.3 Å². The summed E-state index contributed by atoms with van der Waals surface area (Å²) >= 11 is 4.30. The number of rotatable bonds is 6. The second-order valence-electron chi connectivity index (χ2n) is 4.07. The van der Waals surface area contributed by atoms with E-state index in [2.05, 4.69) is 25.4 Å². The molecule has 1 aromatic rings. The first kappa shape index (κ1) is 16.6. The first-order chi connectivity index (χ1) is 8.81. The van der Waals surface area contributed by atoms with Crippen LogP contribution in [0.1, 0.15) is 20.3 Å². The topological polar surface area (TPSA) is 72.5 Å². The minimum atomic E-state index is -3.71. The van der Waals surface area contributed by atoms with Gasteiger partial charge in [0.25, 0.3) is 10.0 Å². The van der Waals surface area contributed by atoms with E-state index in [1.54, 1.807) is 13.0 Å². The summed E-state index contributed by atoms with van der Waals surface area (Å²) in [6.07, 6.45) is 0.663. The fraction of sp³-hybridized carbons (Fsp3) is 0.545. The number of sulfonamides is 1. The predicted octanol–water partition coefficient (Wildman–Crippen LogP) is 2.38. The minimum Gasteiger partial charge on any atom is -0.468 e. The predicted molar refractivity (Wildman–Crippen MR) is 77.6 cm³/mol. The molecule has 19 heavy (non-hydrogen) atoms. The number of halogens is 1. The van der Waals surface area contributed by atoms with E-state index in [0.29, 0.717) is 10.2 Å². The van der Waals surface area contributed by atoms with Crippen LogP contribution in [-0.4, -0.2) is 27.5 Å². The van der Waals surface area contributed by atoms with Crippen molar-refractivity contribution in [3.8, 4) is 0 Å². The van der Waals surface area contributed by atoms with Gasteiger partial charge in [-0.25, -0.2) is 8.42 Å². The molecule has 108 valence electrons. The third-order valence-corrected chi connectivity index (χ3v) is 6.32. The highest BCUT2D eigenvalue weighted by molar-refractivity contribution is 9.11. The molecular formula is C11H16BrNO4S2. The van der Waals surface area contributed by atoms with Crippen molar-refractivity contribution in [2.75, 3.05) is 7.11 Å². The van der Waals surface area contributed by atoms with E-state index in [-0.39, 0.29) is 10.1 Å². The second-order valence-corrected chi connectivity index (χ2v) is 8.47. The van der Waals surface area contributed by atoms with Crippen LogP contribution in [0.15, 0.2) is 20.1 Å². The van der Waals surface area contributed by atoms with Crippen LogP contribution in [0.25, 0.3) is 0 Å². The average Bonchev–Trinajstić information content (AvgIpc) is 2.81. The van der Waals surface area contributed by atoms with E-state index in [9.17, 15) is 13.2 Å². The summed E-state index contributed by atoms with van der Waals surface area (Å²) in [6, 6.07) is 2.26. The standard InChI is InChI=1S/C11H16BrNO4S2/c1-4-7(2)10(11(14)17-3)13-19(15,16)9-6-5-8(12)18-9/h5-7,10,13H,4H2,1-3H3. The normalized spacial score (nSPS) is 14.9. The second kappa shape index (κ2) is 6.83. The smallest absolute Gasteiger partial charge is 0.324 e. The zero-order valence-corrected chi connectivity index (χ0v) is 14.1. The lowest BCUT2D eigenvalue weighted by molar-refractivity contribution is -0.143. The third kappa shape index (κ3) is 4.27. The molecule has 2 atom stereocenters. The van der Waals surface area contributed by atoms with E-state index >= 15 is 0 Å². The van der Waals surface area contributed by atoms with Gasteiger partial charge in [-0.15, -0.1) is 11.3 Å². The van der Waals surface area contributed by atoms with Gasteiger partial charge in [-0.3, -0.25) is 4.79 Å². The number of methoxy groups -OCH3 is 1. The Morgan fingerprint density at radius 2 is 2.16 bits per heavy atom. The van der Waals surface area contributed by atoms with Crippen molar-refractivity contribution in [3.63, 3.8) is 0 Å². The Morgan fingerprint density at radius 1 is 1.53 bits per heavy atom. The van der Waals surface area contributed by atoms with E-state index in [1.165, 1.54) is 13.2 Å². The van der Waals surface area contributed by atoms with Crippen LogP contribution in [0.2, 0.25) is 0 Å². The molecule has 0 amide bonds.